The molecule has 0 bridgehead atoms. The molecule has 0 spiro atoms. The SMILES string of the molecule is CC(C)(C)c1ccc(C(=O)Nc2ccc(S(=O)(=O)O)c3cc(S(=O)(=O)O)cc(S(=O)(=O)O)c23)cc1NC(=O)c1cccc(N)c1. The van der Waals surface area contributed by atoms with Crippen LogP contribution in [0.2, 0.25) is 0 Å². The van der Waals surface area contributed by atoms with Crippen LogP contribution in [0.25, 0.3) is 10.8 Å². The molecule has 4 rings (SSSR count). The third kappa shape index (κ3) is 7.30. The summed E-state index contributed by atoms with van der Waals surface area (Å²) in [5.41, 5.74) is 6.31. The zero-order valence-corrected chi connectivity index (χ0v) is 26.2. The van der Waals surface area contributed by atoms with Gasteiger partial charge >= 0.3 is 0 Å². The van der Waals surface area contributed by atoms with Crippen LogP contribution >= 0.6 is 0 Å². The summed E-state index contributed by atoms with van der Waals surface area (Å²) in [6, 6.07) is 13.2. The molecule has 0 heterocycles. The first-order chi connectivity index (χ1) is 20.6. The molecule has 238 valence electrons. The smallest absolute Gasteiger partial charge is 0.295 e. The lowest BCUT2D eigenvalue weighted by atomic mass is 9.85. The van der Waals surface area contributed by atoms with Crippen LogP contribution in [0.1, 0.15) is 47.1 Å². The first-order valence-electron chi connectivity index (χ1n) is 12.7. The van der Waals surface area contributed by atoms with E-state index in [0.717, 1.165) is 12.1 Å². The molecule has 0 unspecified atom stereocenters. The van der Waals surface area contributed by atoms with Gasteiger partial charge in [-0.15, -0.1) is 0 Å². The molecule has 0 fully saturated rings. The van der Waals surface area contributed by atoms with Gasteiger partial charge < -0.3 is 16.4 Å². The van der Waals surface area contributed by atoms with Crippen molar-refractivity contribution in [3.05, 3.63) is 83.4 Å². The number of carbonyl (C=O) groups excluding carboxylic acids is 2. The second-order valence-electron chi connectivity index (χ2n) is 10.9. The predicted octanol–water partition coefficient (Wildman–Crippen LogP) is 3.96. The van der Waals surface area contributed by atoms with Gasteiger partial charge in [-0.1, -0.05) is 32.9 Å². The van der Waals surface area contributed by atoms with E-state index in [0.29, 0.717) is 23.4 Å². The summed E-state index contributed by atoms with van der Waals surface area (Å²) in [5.74, 6) is -1.42. The lowest BCUT2D eigenvalue weighted by Gasteiger charge is -2.24. The van der Waals surface area contributed by atoms with E-state index in [9.17, 15) is 48.5 Å². The molecule has 4 aromatic carbocycles. The Morgan fingerprint density at radius 2 is 1.24 bits per heavy atom. The van der Waals surface area contributed by atoms with Crippen LogP contribution in [0.15, 0.2) is 81.4 Å². The van der Waals surface area contributed by atoms with E-state index < -0.39 is 78.7 Å². The third-order valence-electron chi connectivity index (χ3n) is 6.60. The zero-order valence-electron chi connectivity index (χ0n) is 23.8. The highest BCUT2D eigenvalue weighted by atomic mass is 32.2. The molecule has 0 aromatic heterocycles. The second kappa shape index (κ2) is 11.5. The van der Waals surface area contributed by atoms with E-state index in [-0.39, 0.29) is 16.8 Å². The standard InChI is InChI=1S/C28H27N3O11S3/c1-28(2,3)20-8-7-16(12-22(20)31-26(32)15-5-4-6-17(29)11-15)27(33)30-21-9-10-23(44(37,38)39)19-13-18(43(34,35)36)14-24(25(19)21)45(40,41)42/h4-14H,29H2,1-3H3,(H,30,33)(H,31,32)(H,34,35,36)(H,37,38,39)(H,40,41,42). The van der Waals surface area contributed by atoms with E-state index in [2.05, 4.69) is 10.6 Å². The van der Waals surface area contributed by atoms with Crippen LogP contribution in [0, 0.1) is 0 Å². The van der Waals surface area contributed by atoms with Gasteiger partial charge in [0.2, 0.25) is 0 Å². The van der Waals surface area contributed by atoms with E-state index in [1.165, 1.54) is 18.2 Å². The molecule has 0 aliphatic rings. The number of rotatable bonds is 7. The number of nitrogens with one attached hydrogen (secondary N) is 2. The molecular weight excluding hydrogens is 651 g/mol. The van der Waals surface area contributed by atoms with Crippen molar-refractivity contribution in [3.63, 3.8) is 0 Å². The minimum absolute atomic E-state index is 0.0548. The number of nitrogen functional groups attached to an aromatic ring is 1. The van der Waals surface area contributed by atoms with Crippen molar-refractivity contribution in [1.29, 1.82) is 0 Å². The monoisotopic (exact) mass is 677 g/mol. The number of fused-ring (bicyclic) bond motifs is 1. The van der Waals surface area contributed by atoms with Crippen LogP contribution in [0.3, 0.4) is 0 Å². The Kier molecular flexibility index (Phi) is 8.57. The normalized spacial score (nSPS) is 12.6. The number of amides is 2. The summed E-state index contributed by atoms with van der Waals surface area (Å²) in [6.07, 6.45) is 0. The summed E-state index contributed by atoms with van der Waals surface area (Å²) in [5, 5.41) is 3.72. The van der Waals surface area contributed by atoms with Crippen molar-refractivity contribution in [2.45, 2.75) is 40.9 Å². The highest BCUT2D eigenvalue weighted by Crippen LogP contribution is 2.37. The van der Waals surface area contributed by atoms with E-state index in [1.54, 1.807) is 24.3 Å². The van der Waals surface area contributed by atoms with Gasteiger partial charge in [0, 0.05) is 33.3 Å². The zero-order chi connectivity index (χ0) is 33.7. The molecule has 0 saturated carbocycles. The molecule has 17 heteroatoms. The van der Waals surface area contributed by atoms with Crippen molar-refractivity contribution in [1.82, 2.24) is 0 Å². The second-order valence-corrected chi connectivity index (χ2v) is 15.1. The van der Waals surface area contributed by atoms with Gasteiger partial charge in [-0.05, 0) is 65.6 Å². The Morgan fingerprint density at radius 3 is 1.78 bits per heavy atom. The van der Waals surface area contributed by atoms with Gasteiger partial charge in [0.15, 0.2) is 0 Å². The molecule has 45 heavy (non-hydrogen) atoms. The average molecular weight is 678 g/mol. The lowest BCUT2D eigenvalue weighted by molar-refractivity contribution is 0.101. The maximum absolute atomic E-state index is 13.5. The number of hydrogen-bond acceptors (Lipinski definition) is 9. The Morgan fingerprint density at radius 1 is 0.667 bits per heavy atom. The van der Waals surface area contributed by atoms with Crippen molar-refractivity contribution < 1.29 is 48.5 Å². The van der Waals surface area contributed by atoms with Crippen LogP contribution < -0.4 is 16.4 Å². The highest BCUT2D eigenvalue weighted by molar-refractivity contribution is 7.87. The van der Waals surface area contributed by atoms with Crippen LogP contribution in [-0.2, 0) is 35.8 Å². The molecule has 0 saturated heterocycles. The fourth-order valence-electron chi connectivity index (χ4n) is 4.59. The van der Waals surface area contributed by atoms with Crippen molar-refractivity contribution >= 4 is 70.0 Å². The molecule has 4 aromatic rings. The summed E-state index contributed by atoms with van der Waals surface area (Å²) in [4.78, 5) is 23.2. The largest absolute Gasteiger partial charge is 0.399 e. The van der Waals surface area contributed by atoms with Crippen LogP contribution in [0.5, 0.6) is 0 Å². The molecule has 2 amide bonds. The molecule has 0 atom stereocenters. The summed E-state index contributed by atoms with van der Waals surface area (Å²) in [6.45, 7) is 5.62. The first kappa shape index (κ1) is 33.5. The molecule has 0 aliphatic carbocycles. The highest BCUT2D eigenvalue weighted by Gasteiger charge is 2.28. The van der Waals surface area contributed by atoms with E-state index in [4.69, 9.17) is 5.73 Å². The van der Waals surface area contributed by atoms with Crippen molar-refractivity contribution in [2.24, 2.45) is 0 Å². The summed E-state index contributed by atoms with van der Waals surface area (Å²) >= 11 is 0. The fraction of sp³-hybridized carbons (Fsp3) is 0.143. The van der Waals surface area contributed by atoms with Gasteiger partial charge in [-0.2, -0.15) is 25.3 Å². The van der Waals surface area contributed by atoms with Gasteiger partial charge in [-0.25, -0.2) is 0 Å². The van der Waals surface area contributed by atoms with Gasteiger partial charge in [0.25, 0.3) is 42.2 Å². The Bertz CT molecular complexity index is 2230. The summed E-state index contributed by atoms with van der Waals surface area (Å²) < 4.78 is 102. The Hall–Kier alpha value is -4.39. The van der Waals surface area contributed by atoms with E-state index >= 15 is 0 Å². The fourth-order valence-corrected chi connectivity index (χ4v) is 6.63. The van der Waals surface area contributed by atoms with Gasteiger partial charge in [0.05, 0.1) is 10.6 Å². The minimum Gasteiger partial charge on any atom is -0.399 e. The molecular formula is C28H27N3O11S3. The molecule has 0 aliphatic heterocycles. The van der Waals surface area contributed by atoms with E-state index in [1.807, 2.05) is 20.8 Å². The maximum Gasteiger partial charge on any atom is 0.295 e. The summed E-state index contributed by atoms with van der Waals surface area (Å²) in [7, 11) is -15.6. The van der Waals surface area contributed by atoms with Crippen LogP contribution in [-0.4, -0.2) is 50.7 Å². The minimum atomic E-state index is -5.33. The van der Waals surface area contributed by atoms with Crippen molar-refractivity contribution in [2.75, 3.05) is 16.4 Å². The predicted molar refractivity (Wildman–Crippen MR) is 165 cm³/mol. The van der Waals surface area contributed by atoms with Crippen LogP contribution in [0.4, 0.5) is 17.1 Å². The van der Waals surface area contributed by atoms with Gasteiger partial charge in [0.1, 0.15) is 9.79 Å². The van der Waals surface area contributed by atoms with Crippen molar-refractivity contribution in [3.8, 4) is 0 Å². The number of hydrogen-bond donors (Lipinski definition) is 6. The topological polar surface area (TPSA) is 247 Å². The molecule has 0 radical (unpaired) electrons. The quantitative estimate of drug-likeness (QED) is 0.120. The Balaban J connectivity index is 1.88. The van der Waals surface area contributed by atoms with Gasteiger partial charge in [-0.3, -0.25) is 23.2 Å². The third-order valence-corrected chi connectivity index (χ3v) is 9.22. The number of anilines is 3. The number of carbonyl (C=O) groups is 2. The lowest BCUT2D eigenvalue weighted by Crippen LogP contribution is -2.20. The number of benzene rings is 4. The average Bonchev–Trinajstić information content (AvgIpc) is 2.90. The number of nitrogens with two attached hydrogens (primary N) is 1. The molecule has 7 N–H and O–H groups in total. The first-order valence-corrected chi connectivity index (χ1v) is 17.1. The Labute approximate surface area is 258 Å². The maximum atomic E-state index is 13.5. The molecule has 14 nitrogen and oxygen atoms in total.